The van der Waals surface area contributed by atoms with Gasteiger partial charge in [-0.05, 0) is 19.9 Å². The van der Waals surface area contributed by atoms with E-state index in [1.165, 1.54) is 0 Å². The summed E-state index contributed by atoms with van der Waals surface area (Å²) in [6.45, 7) is 9.45. The Kier molecular flexibility index (Phi) is 4.63. The van der Waals surface area contributed by atoms with Gasteiger partial charge in [0, 0.05) is 45.0 Å². The van der Waals surface area contributed by atoms with E-state index in [1.54, 1.807) is 12.5 Å². The molecule has 2 rings (SSSR count). The van der Waals surface area contributed by atoms with E-state index in [-0.39, 0.29) is 6.04 Å². The number of nitrogens with two attached hydrogens (primary N) is 1. The molecule has 5 nitrogen and oxygen atoms in total. The van der Waals surface area contributed by atoms with Crippen molar-refractivity contribution >= 4 is 0 Å². The minimum absolute atomic E-state index is 0.224. The SMILES string of the molecule is CC(C)N1CCN(C(CN)c2ccncn2)CC1. The van der Waals surface area contributed by atoms with Crippen LogP contribution in [0, 0.1) is 0 Å². The molecular weight excluding hydrogens is 226 g/mol. The highest BCUT2D eigenvalue weighted by Crippen LogP contribution is 2.19. The van der Waals surface area contributed by atoms with Crippen LogP contribution in [0.1, 0.15) is 25.6 Å². The van der Waals surface area contributed by atoms with Gasteiger partial charge in [-0.3, -0.25) is 9.80 Å². The third kappa shape index (κ3) is 3.04. The Labute approximate surface area is 109 Å². The Hall–Kier alpha value is -1.04. The zero-order valence-corrected chi connectivity index (χ0v) is 11.3. The summed E-state index contributed by atoms with van der Waals surface area (Å²) in [5.41, 5.74) is 6.95. The van der Waals surface area contributed by atoms with Gasteiger partial charge in [0.25, 0.3) is 0 Å². The second kappa shape index (κ2) is 6.22. The van der Waals surface area contributed by atoms with Crippen molar-refractivity contribution in [2.24, 2.45) is 5.73 Å². The van der Waals surface area contributed by atoms with Gasteiger partial charge in [0.05, 0.1) is 11.7 Å². The Bertz CT molecular complexity index is 346. The number of hydrogen-bond donors (Lipinski definition) is 1. The summed E-state index contributed by atoms with van der Waals surface area (Å²) in [4.78, 5) is 13.2. The van der Waals surface area contributed by atoms with Crippen LogP contribution in [0.4, 0.5) is 0 Å². The fraction of sp³-hybridized carbons (Fsp3) is 0.692. The van der Waals surface area contributed by atoms with Crippen molar-refractivity contribution in [2.45, 2.75) is 25.9 Å². The molecule has 100 valence electrons. The minimum atomic E-state index is 0.224. The topological polar surface area (TPSA) is 58.3 Å². The van der Waals surface area contributed by atoms with Crippen molar-refractivity contribution in [1.29, 1.82) is 0 Å². The normalized spacial score (nSPS) is 20.2. The summed E-state index contributed by atoms with van der Waals surface area (Å²) in [6, 6.07) is 2.82. The van der Waals surface area contributed by atoms with E-state index >= 15 is 0 Å². The van der Waals surface area contributed by atoms with E-state index in [2.05, 4.69) is 33.6 Å². The van der Waals surface area contributed by atoms with Gasteiger partial charge in [0.2, 0.25) is 0 Å². The second-order valence-electron chi connectivity index (χ2n) is 5.05. The van der Waals surface area contributed by atoms with Crippen LogP contribution in [0.3, 0.4) is 0 Å². The molecule has 2 heterocycles. The summed E-state index contributed by atoms with van der Waals surface area (Å²) >= 11 is 0. The summed E-state index contributed by atoms with van der Waals surface area (Å²) < 4.78 is 0. The lowest BCUT2D eigenvalue weighted by atomic mass is 10.1. The maximum Gasteiger partial charge on any atom is 0.115 e. The van der Waals surface area contributed by atoms with Crippen LogP contribution in [-0.2, 0) is 0 Å². The summed E-state index contributed by atoms with van der Waals surface area (Å²) in [5, 5.41) is 0. The summed E-state index contributed by atoms with van der Waals surface area (Å²) in [7, 11) is 0. The zero-order chi connectivity index (χ0) is 13.0. The van der Waals surface area contributed by atoms with Gasteiger partial charge in [-0.2, -0.15) is 0 Å². The predicted molar refractivity (Wildman–Crippen MR) is 72.1 cm³/mol. The average molecular weight is 249 g/mol. The highest BCUT2D eigenvalue weighted by molar-refractivity contribution is 5.06. The summed E-state index contributed by atoms with van der Waals surface area (Å²) in [5.74, 6) is 0. The lowest BCUT2D eigenvalue weighted by Gasteiger charge is -2.40. The van der Waals surface area contributed by atoms with Crippen molar-refractivity contribution in [3.8, 4) is 0 Å². The van der Waals surface area contributed by atoms with E-state index in [9.17, 15) is 0 Å². The van der Waals surface area contributed by atoms with Crippen LogP contribution >= 0.6 is 0 Å². The molecule has 1 aromatic rings. The molecule has 0 amide bonds. The van der Waals surface area contributed by atoms with Crippen molar-refractivity contribution < 1.29 is 0 Å². The molecule has 1 aromatic heterocycles. The number of hydrogen-bond acceptors (Lipinski definition) is 5. The van der Waals surface area contributed by atoms with Gasteiger partial charge >= 0.3 is 0 Å². The van der Waals surface area contributed by atoms with Crippen LogP contribution in [0.2, 0.25) is 0 Å². The van der Waals surface area contributed by atoms with Gasteiger partial charge in [-0.1, -0.05) is 0 Å². The van der Waals surface area contributed by atoms with Crippen LogP contribution in [0.5, 0.6) is 0 Å². The average Bonchev–Trinajstić information content (AvgIpc) is 2.41. The molecule has 2 N–H and O–H groups in total. The van der Waals surface area contributed by atoms with Gasteiger partial charge in [0.15, 0.2) is 0 Å². The highest BCUT2D eigenvalue weighted by atomic mass is 15.3. The fourth-order valence-electron chi connectivity index (χ4n) is 2.52. The monoisotopic (exact) mass is 249 g/mol. The van der Waals surface area contributed by atoms with Gasteiger partial charge in [-0.25, -0.2) is 9.97 Å². The quantitative estimate of drug-likeness (QED) is 0.842. The largest absolute Gasteiger partial charge is 0.329 e. The first-order valence-electron chi connectivity index (χ1n) is 6.66. The van der Waals surface area contributed by atoms with Gasteiger partial charge in [0.1, 0.15) is 6.33 Å². The molecule has 0 saturated carbocycles. The van der Waals surface area contributed by atoms with E-state index in [4.69, 9.17) is 5.73 Å². The molecule has 0 bridgehead atoms. The van der Waals surface area contributed by atoms with Crippen molar-refractivity contribution in [2.75, 3.05) is 32.7 Å². The molecule has 1 atom stereocenters. The molecule has 1 aliphatic rings. The molecule has 0 aromatic carbocycles. The zero-order valence-electron chi connectivity index (χ0n) is 11.3. The van der Waals surface area contributed by atoms with Crippen molar-refractivity contribution in [3.63, 3.8) is 0 Å². The molecule has 0 aliphatic carbocycles. The molecule has 1 aliphatic heterocycles. The Morgan fingerprint density at radius 3 is 2.39 bits per heavy atom. The van der Waals surface area contributed by atoms with Crippen LogP contribution < -0.4 is 5.73 Å². The van der Waals surface area contributed by atoms with Crippen molar-refractivity contribution in [3.05, 3.63) is 24.3 Å². The second-order valence-corrected chi connectivity index (χ2v) is 5.05. The van der Waals surface area contributed by atoms with Crippen molar-refractivity contribution in [1.82, 2.24) is 19.8 Å². The van der Waals surface area contributed by atoms with Gasteiger partial charge in [-0.15, -0.1) is 0 Å². The molecule has 18 heavy (non-hydrogen) atoms. The number of aromatic nitrogens is 2. The molecule has 5 heteroatoms. The van der Waals surface area contributed by atoms with Crippen LogP contribution in [-0.4, -0.2) is 58.5 Å². The molecule has 1 fully saturated rings. The minimum Gasteiger partial charge on any atom is -0.329 e. The van der Waals surface area contributed by atoms with Crippen LogP contribution in [0.15, 0.2) is 18.6 Å². The Balaban J connectivity index is 1.99. The molecule has 1 unspecified atom stereocenters. The van der Waals surface area contributed by atoms with E-state index in [0.29, 0.717) is 12.6 Å². The number of rotatable bonds is 4. The first kappa shape index (κ1) is 13.4. The maximum atomic E-state index is 5.91. The standard InChI is InChI=1S/C13H23N5/c1-11(2)17-5-7-18(8-6-17)13(9-14)12-3-4-15-10-16-12/h3-4,10-11,13H,5-9,14H2,1-2H3. The summed E-state index contributed by atoms with van der Waals surface area (Å²) in [6.07, 6.45) is 3.39. The van der Waals surface area contributed by atoms with Crippen LogP contribution in [0.25, 0.3) is 0 Å². The van der Waals surface area contributed by atoms with E-state index in [1.807, 2.05) is 6.07 Å². The third-order valence-electron chi connectivity index (χ3n) is 3.69. The molecule has 0 radical (unpaired) electrons. The molecule has 0 spiro atoms. The lowest BCUT2D eigenvalue weighted by molar-refractivity contribution is 0.0789. The maximum absolute atomic E-state index is 5.91. The Morgan fingerprint density at radius 2 is 1.89 bits per heavy atom. The molecule has 1 saturated heterocycles. The fourth-order valence-corrected chi connectivity index (χ4v) is 2.52. The smallest absolute Gasteiger partial charge is 0.115 e. The number of piperazine rings is 1. The first-order valence-corrected chi connectivity index (χ1v) is 6.66. The Morgan fingerprint density at radius 1 is 1.22 bits per heavy atom. The predicted octanol–water partition coefficient (Wildman–Crippen LogP) is 0.502. The first-order chi connectivity index (χ1) is 8.72. The highest BCUT2D eigenvalue weighted by Gasteiger charge is 2.25. The third-order valence-corrected chi connectivity index (χ3v) is 3.69. The van der Waals surface area contributed by atoms with E-state index < -0.39 is 0 Å². The van der Waals surface area contributed by atoms with Gasteiger partial charge < -0.3 is 5.73 Å². The molecular formula is C13H23N5. The lowest BCUT2D eigenvalue weighted by Crippen LogP contribution is -2.51. The number of nitrogens with zero attached hydrogens (tertiary/aromatic N) is 4. The van der Waals surface area contributed by atoms with E-state index in [0.717, 1.165) is 31.9 Å².